The lowest BCUT2D eigenvalue weighted by atomic mass is 10.2. The van der Waals surface area contributed by atoms with Crippen LogP contribution in [-0.2, 0) is 0 Å². The molecule has 0 fully saturated rings. The first-order valence-corrected chi connectivity index (χ1v) is 6.37. The molecule has 0 aliphatic carbocycles. The molecule has 0 amide bonds. The summed E-state index contributed by atoms with van der Waals surface area (Å²) in [5.41, 5.74) is 7.35. The molecule has 2 aromatic rings. The fourth-order valence-corrected chi connectivity index (χ4v) is 2.46. The summed E-state index contributed by atoms with van der Waals surface area (Å²) in [5.74, 6) is 0. The van der Waals surface area contributed by atoms with Gasteiger partial charge in [-0.2, -0.15) is 5.10 Å². The molecule has 16 heavy (non-hydrogen) atoms. The van der Waals surface area contributed by atoms with Gasteiger partial charge < -0.3 is 5.73 Å². The van der Waals surface area contributed by atoms with Crippen molar-refractivity contribution in [1.82, 2.24) is 9.78 Å². The van der Waals surface area contributed by atoms with Gasteiger partial charge in [-0.05, 0) is 50.1 Å². The molecule has 1 heterocycles. The van der Waals surface area contributed by atoms with Crippen LogP contribution in [0.4, 0.5) is 0 Å². The van der Waals surface area contributed by atoms with Crippen LogP contribution in [0.1, 0.15) is 5.56 Å². The molecule has 0 spiro atoms. The average molecular weight is 361 g/mol. The number of hydrogen-bond donors (Lipinski definition) is 1. The number of hydrogen-bond acceptors (Lipinski definition) is 2. The molecule has 3 nitrogen and oxygen atoms in total. The molecular weight excluding hydrogens is 354 g/mol. The number of thiocarbonyl (C=S) groups is 1. The van der Waals surface area contributed by atoms with E-state index in [1.807, 2.05) is 24.4 Å². The van der Waals surface area contributed by atoms with Crippen LogP contribution in [-0.4, -0.2) is 14.8 Å². The summed E-state index contributed by atoms with van der Waals surface area (Å²) in [6, 6.07) is 5.71. The molecule has 0 saturated heterocycles. The van der Waals surface area contributed by atoms with E-state index in [2.05, 4.69) is 37.0 Å². The Kier molecular flexibility index (Phi) is 3.41. The van der Waals surface area contributed by atoms with E-state index in [0.29, 0.717) is 4.99 Å². The van der Waals surface area contributed by atoms with Gasteiger partial charge in [0.15, 0.2) is 0 Å². The van der Waals surface area contributed by atoms with Crippen LogP contribution in [0.5, 0.6) is 0 Å². The Morgan fingerprint density at radius 2 is 2.12 bits per heavy atom. The summed E-state index contributed by atoms with van der Waals surface area (Å²) in [4.78, 5) is 0.375. The van der Waals surface area contributed by atoms with Gasteiger partial charge in [0.1, 0.15) is 4.99 Å². The first-order valence-electron chi connectivity index (χ1n) is 4.38. The second-order valence-electron chi connectivity index (χ2n) is 3.13. The van der Waals surface area contributed by atoms with Gasteiger partial charge in [-0.3, -0.25) is 0 Å². The lowest BCUT2D eigenvalue weighted by molar-refractivity contribution is 0.879. The normalized spacial score (nSPS) is 10.4. The van der Waals surface area contributed by atoms with Crippen molar-refractivity contribution >= 4 is 49.1 Å². The Labute approximate surface area is 115 Å². The highest BCUT2D eigenvalue weighted by atomic mass is 79.9. The quantitative estimate of drug-likeness (QED) is 0.837. The minimum Gasteiger partial charge on any atom is -0.389 e. The van der Waals surface area contributed by atoms with Gasteiger partial charge in [0.25, 0.3) is 0 Å². The Balaban J connectivity index is 2.45. The third-order valence-corrected chi connectivity index (χ3v) is 3.32. The minimum atomic E-state index is 0.375. The SMILES string of the molecule is NC(=S)c1ccc(-n2cc(Br)cn2)cc1Br. The zero-order valence-electron chi connectivity index (χ0n) is 8.02. The van der Waals surface area contributed by atoms with Gasteiger partial charge in [0.05, 0.1) is 16.4 Å². The molecule has 82 valence electrons. The van der Waals surface area contributed by atoms with E-state index < -0.39 is 0 Å². The van der Waals surface area contributed by atoms with Crippen LogP contribution >= 0.6 is 44.1 Å². The molecule has 0 unspecified atom stereocenters. The van der Waals surface area contributed by atoms with E-state index in [-0.39, 0.29) is 0 Å². The topological polar surface area (TPSA) is 43.8 Å². The van der Waals surface area contributed by atoms with Crippen LogP contribution in [0, 0.1) is 0 Å². The number of aromatic nitrogens is 2. The molecule has 0 aliphatic rings. The Bertz CT molecular complexity index is 551. The third kappa shape index (κ3) is 2.34. The monoisotopic (exact) mass is 359 g/mol. The number of nitrogens with zero attached hydrogens (tertiary/aromatic N) is 2. The van der Waals surface area contributed by atoms with Crippen molar-refractivity contribution in [1.29, 1.82) is 0 Å². The van der Waals surface area contributed by atoms with Crippen LogP contribution in [0.25, 0.3) is 5.69 Å². The molecule has 0 saturated carbocycles. The van der Waals surface area contributed by atoms with E-state index in [0.717, 1.165) is 20.2 Å². The maximum atomic E-state index is 5.58. The molecule has 1 aromatic carbocycles. The van der Waals surface area contributed by atoms with Gasteiger partial charge in [-0.1, -0.05) is 12.2 Å². The van der Waals surface area contributed by atoms with Crippen molar-refractivity contribution in [2.45, 2.75) is 0 Å². The number of halogens is 2. The summed E-state index contributed by atoms with van der Waals surface area (Å²) in [5, 5.41) is 4.19. The molecule has 0 radical (unpaired) electrons. The van der Waals surface area contributed by atoms with Crippen molar-refractivity contribution < 1.29 is 0 Å². The first kappa shape index (κ1) is 11.8. The van der Waals surface area contributed by atoms with Crippen LogP contribution in [0.3, 0.4) is 0 Å². The van der Waals surface area contributed by atoms with Crippen molar-refractivity contribution in [2.75, 3.05) is 0 Å². The first-order chi connectivity index (χ1) is 7.58. The average Bonchev–Trinajstić information content (AvgIpc) is 2.64. The van der Waals surface area contributed by atoms with Crippen molar-refractivity contribution in [3.05, 3.63) is 45.1 Å². The van der Waals surface area contributed by atoms with Gasteiger partial charge >= 0.3 is 0 Å². The molecule has 0 atom stereocenters. The van der Waals surface area contributed by atoms with E-state index in [4.69, 9.17) is 18.0 Å². The second-order valence-corrected chi connectivity index (χ2v) is 5.34. The van der Waals surface area contributed by atoms with Gasteiger partial charge in [-0.15, -0.1) is 0 Å². The summed E-state index contributed by atoms with van der Waals surface area (Å²) < 4.78 is 3.56. The highest BCUT2D eigenvalue weighted by molar-refractivity contribution is 9.10. The van der Waals surface area contributed by atoms with E-state index in [9.17, 15) is 0 Å². The molecular formula is C10H7Br2N3S. The molecule has 0 bridgehead atoms. The van der Waals surface area contributed by atoms with E-state index in [1.165, 1.54) is 0 Å². The minimum absolute atomic E-state index is 0.375. The molecule has 1 aromatic heterocycles. The lowest BCUT2D eigenvalue weighted by Crippen LogP contribution is -2.10. The number of rotatable bonds is 2. The summed E-state index contributed by atoms with van der Waals surface area (Å²) in [6.45, 7) is 0. The van der Waals surface area contributed by atoms with Crippen LogP contribution in [0.15, 0.2) is 39.5 Å². The summed E-state index contributed by atoms with van der Waals surface area (Å²) >= 11 is 11.7. The molecule has 2 N–H and O–H groups in total. The second kappa shape index (κ2) is 4.65. The predicted octanol–water partition coefficient (Wildman–Crippen LogP) is 3.03. The zero-order chi connectivity index (χ0) is 11.7. The lowest BCUT2D eigenvalue weighted by Gasteiger charge is -2.05. The molecule has 6 heteroatoms. The van der Waals surface area contributed by atoms with Gasteiger partial charge in [0.2, 0.25) is 0 Å². The third-order valence-electron chi connectivity index (χ3n) is 2.03. The van der Waals surface area contributed by atoms with Crippen molar-refractivity contribution in [3.8, 4) is 5.69 Å². The highest BCUT2D eigenvalue weighted by Crippen LogP contribution is 2.21. The molecule has 2 rings (SSSR count). The van der Waals surface area contributed by atoms with Crippen LogP contribution < -0.4 is 5.73 Å². The fourth-order valence-electron chi connectivity index (χ4n) is 1.29. The Morgan fingerprint density at radius 3 is 2.62 bits per heavy atom. The maximum Gasteiger partial charge on any atom is 0.105 e. The zero-order valence-corrected chi connectivity index (χ0v) is 12.0. The van der Waals surface area contributed by atoms with Crippen LogP contribution in [0.2, 0.25) is 0 Å². The Morgan fingerprint density at radius 1 is 1.38 bits per heavy atom. The fraction of sp³-hybridized carbons (Fsp3) is 0. The molecule has 0 aliphatic heterocycles. The number of benzene rings is 1. The summed E-state index contributed by atoms with van der Waals surface area (Å²) in [6.07, 6.45) is 3.61. The predicted molar refractivity (Wildman–Crippen MR) is 74.9 cm³/mol. The van der Waals surface area contributed by atoms with Crippen molar-refractivity contribution in [2.24, 2.45) is 5.73 Å². The smallest absolute Gasteiger partial charge is 0.105 e. The summed E-state index contributed by atoms with van der Waals surface area (Å²) in [7, 11) is 0. The van der Waals surface area contributed by atoms with E-state index in [1.54, 1.807) is 10.9 Å². The highest BCUT2D eigenvalue weighted by Gasteiger charge is 2.05. The standard InChI is InChI=1S/C10H7Br2N3S/c11-6-4-14-15(5-6)7-1-2-8(10(13)16)9(12)3-7/h1-5H,(H2,13,16). The number of nitrogens with two attached hydrogens (primary N) is 1. The Hall–Kier alpha value is -0.720. The van der Waals surface area contributed by atoms with E-state index >= 15 is 0 Å². The van der Waals surface area contributed by atoms with Gasteiger partial charge in [0, 0.05) is 16.2 Å². The largest absolute Gasteiger partial charge is 0.389 e. The van der Waals surface area contributed by atoms with Gasteiger partial charge in [-0.25, -0.2) is 4.68 Å². The maximum absolute atomic E-state index is 5.58. The van der Waals surface area contributed by atoms with Crippen molar-refractivity contribution in [3.63, 3.8) is 0 Å².